The van der Waals surface area contributed by atoms with Crippen molar-refractivity contribution in [2.45, 2.75) is 220 Å². The van der Waals surface area contributed by atoms with E-state index in [2.05, 4.69) is 53.7 Å². The van der Waals surface area contributed by atoms with Gasteiger partial charge in [-0.05, 0) is 262 Å². The van der Waals surface area contributed by atoms with E-state index in [0.29, 0.717) is 71.6 Å². The van der Waals surface area contributed by atoms with Crippen LogP contribution in [0.5, 0.6) is 11.5 Å². The number of fused-ring (bicyclic) bond motifs is 11. The number of phenols is 1. The summed E-state index contributed by atoms with van der Waals surface area (Å²) in [5.74, 6) is 0.0501. The third-order valence-corrected chi connectivity index (χ3v) is 34.2. The molecule has 14 fully saturated rings. The van der Waals surface area contributed by atoms with Gasteiger partial charge in [0.1, 0.15) is 18.0 Å². The zero-order valence-corrected chi connectivity index (χ0v) is 55.0. The molecule has 4 aliphatic heterocycles. The smallest absolute Gasteiger partial charge is 0.343 e. The van der Waals surface area contributed by atoms with Crippen molar-refractivity contribution in [1.29, 1.82) is 0 Å². The van der Waals surface area contributed by atoms with E-state index in [4.69, 9.17) is 18.9 Å². The molecule has 6 bridgehead atoms. The lowest BCUT2D eigenvalue weighted by atomic mass is 9.37. The summed E-state index contributed by atoms with van der Waals surface area (Å²) < 4.78 is 29.3. The van der Waals surface area contributed by atoms with Gasteiger partial charge in [-0.2, -0.15) is 0 Å². The van der Waals surface area contributed by atoms with Gasteiger partial charge < -0.3 is 59.9 Å². The molecular weight excluding hydrogens is 1190 g/mol. The minimum absolute atomic E-state index is 0.0792. The minimum atomic E-state index is -2.67. The van der Waals surface area contributed by atoms with Gasteiger partial charge in [0, 0.05) is 45.6 Å². The number of rotatable bonds is 7. The number of hydrogen-bond donors (Lipinski definition) is 8. The van der Waals surface area contributed by atoms with E-state index in [1.165, 1.54) is 36.8 Å². The van der Waals surface area contributed by atoms with Gasteiger partial charge in [-0.25, -0.2) is 4.79 Å². The number of nitrogens with one attached hydrogen (secondary N) is 2. The first-order valence-electron chi connectivity index (χ1n) is 36.5. The van der Waals surface area contributed by atoms with Crippen molar-refractivity contribution in [2.24, 2.45) is 86.3 Å². The normalized spacial score (nSPS) is 48.0. The highest BCUT2D eigenvalue weighted by atomic mass is 33.1. The van der Waals surface area contributed by atoms with Crippen LogP contribution < -0.4 is 10.1 Å². The largest absolute Gasteiger partial charge is 0.508 e. The highest BCUT2D eigenvalue weighted by Crippen LogP contribution is 2.88. The molecule has 5 aromatic rings. The van der Waals surface area contributed by atoms with Gasteiger partial charge in [-0.15, -0.1) is 0 Å². The van der Waals surface area contributed by atoms with Crippen LogP contribution in [0.25, 0.3) is 32.4 Å². The summed E-state index contributed by atoms with van der Waals surface area (Å²) in [6, 6.07) is 22.5. The molecule has 13 nitrogen and oxygen atoms in total. The maximum atomic E-state index is 16.5. The van der Waals surface area contributed by atoms with E-state index in [-0.39, 0.29) is 57.5 Å². The Balaban J connectivity index is 0.795. The highest BCUT2D eigenvalue weighted by Gasteiger charge is 2.91. The molecule has 16 aliphatic rings. The lowest BCUT2D eigenvalue weighted by Crippen LogP contribution is -2.82. The number of benzene rings is 4. The molecule has 11 saturated carbocycles. The van der Waals surface area contributed by atoms with E-state index in [1.807, 2.05) is 51.9 Å². The fraction of sp³-hybridized carbons (Fsp3) is 0.701. The van der Waals surface area contributed by atoms with Crippen LogP contribution in [-0.2, 0) is 31.0 Å². The maximum absolute atomic E-state index is 16.5. The molecule has 15 heteroatoms. The summed E-state index contributed by atoms with van der Waals surface area (Å²) in [6.07, 6.45) is 17.3. The highest BCUT2D eigenvalue weighted by molar-refractivity contribution is 8.76. The Labute approximate surface area is 547 Å². The number of H-pyrrole nitrogens is 1. The third kappa shape index (κ3) is 6.97. The van der Waals surface area contributed by atoms with Gasteiger partial charge in [-0.3, -0.25) is 0 Å². The Bertz CT molecular complexity index is 3870. The average Bonchev–Trinajstić information content (AvgIpc) is 1.44. The molecule has 490 valence electrons. The lowest BCUT2D eigenvalue weighted by molar-refractivity contribution is -0.410. The summed E-state index contributed by atoms with van der Waals surface area (Å²) in [5.41, 5.74) is -1.87. The van der Waals surface area contributed by atoms with Crippen LogP contribution in [0.3, 0.4) is 0 Å². The Morgan fingerprint density at radius 1 is 0.772 bits per heavy atom. The van der Waals surface area contributed by atoms with E-state index in [9.17, 15) is 25.5 Å². The molecule has 0 unspecified atom stereocenters. The predicted molar refractivity (Wildman–Crippen MR) is 354 cm³/mol. The van der Waals surface area contributed by atoms with Crippen LogP contribution in [0, 0.1) is 86.3 Å². The summed E-state index contributed by atoms with van der Waals surface area (Å²) in [7, 11) is 5.90. The van der Waals surface area contributed by atoms with Crippen molar-refractivity contribution in [3.8, 4) is 11.5 Å². The standard InChI is InChI=1S/C77H94N2O11S2/c1-78-60-38-92-91-37-54-49-16-12-43-29-45-21-25-73(75(45,62(43)49)56-18-15-47(81)31-51(54)56)65(82)53(60)32-52-57-34-74(71(22-6-7-23-71)33-46-14-17-55-44(36-87-48-10-4-5-11-48)20-24-70(55)26-27-72(46,74)39-70)69(84)77(86)76(57,85)67(89-66(52)73)64(90-77)68(83)88-63-59(35-80)79-58-19-13-42-28-40-8-2-3-9-41(40)30-50(42)61(58)63/h2-3,8-9,13,15,18-19,28,30-31,43-46,48-49,52-55,57,60,62,64-67,69,78-82,84-86H,4-7,10-12,14,16-17,20-27,29,32-39H2,1H3/t43-,44+,45+,46-,49+,52+,53-,54+,55-,57+,60+,62+,64+,65-,66-,67-,69-,70+,72+,73-,74-,75+,76+,77-/m0/s1. The number of aromatic nitrogens is 1. The second-order valence-corrected chi connectivity index (χ2v) is 36.3. The van der Waals surface area contributed by atoms with Crippen LogP contribution in [-0.4, -0.2) is 121 Å². The second-order valence-electron chi connectivity index (χ2n) is 33.7. The summed E-state index contributed by atoms with van der Waals surface area (Å²) >= 11 is 0. The number of aromatic amines is 1. The van der Waals surface area contributed by atoms with Crippen LogP contribution in [0.4, 0.5) is 0 Å². The number of aliphatic hydroxyl groups is 5. The summed E-state index contributed by atoms with van der Waals surface area (Å²) in [6.45, 7) is 0.374. The molecule has 0 radical (unpaired) electrons. The monoisotopic (exact) mass is 1290 g/mol. The van der Waals surface area contributed by atoms with E-state index >= 15 is 9.90 Å². The van der Waals surface area contributed by atoms with Crippen LogP contribution in [0.15, 0.2) is 66.7 Å². The fourth-order valence-electron chi connectivity index (χ4n) is 29.0. The molecule has 21 rings (SSSR count). The molecule has 0 amide bonds. The van der Waals surface area contributed by atoms with Gasteiger partial charge in [0.25, 0.3) is 0 Å². The second kappa shape index (κ2) is 20.1. The van der Waals surface area contributed by atoms with E-state index < -0.39 is 82.6 Å². The summed E-state index contributed by atoms with van der Waals surface area (Å²) in [5, 5.41) is 90.7. The number of esters is 1. The third-order valence-electron chi connectivity index (χ3n) is 31.7. The number of aromatic hydroxyl groups is 1. The maximum Gasteiger partial charge on any atom is 0.343 e. The van der Waals surface area contributed by atoms with Crippen molar-refractivity contribution in [3.63, 3.8) is 0 Å². The molecule has 3 saturated heterocycles. The van der Waals surface area contributed by atoms with Crippen LogP contribution in [0.2, 0.25) is 0 Å². The average molecular weight is 1290 g/mol. The first kappa shape index (κ1) is 58.7. The van der Waals surface area contributed by atoms with Gasteiger partial charge in [0.2, 0.25) is 5.79 Å². The first-order chi connectivity index (χ1) is 44.7. The molecule has 8 N–H and O–H groups in total. The zero-order chi connectivity index (χ0) is 61.8. The molecule has 24 atom stereocenters. The van der Waals surface area contributed by atoms with Crippen LogP contribution in [0.1, 0.15) is 170 Å². The molecular formula is C77H94N2O11S2. The lowest BCUT2D eigenvalue weighted by Gasteiger charge is -2.72. The van der Waals surface area contributed by atoms with Crippen LogP contribution >= 0.6 is 21.6 Å². The van der Waals surface area contributed by atoms with Gasteiger partial charge >= 0.3 is 5.97 Å². The number of carbonyl (C=O) groups is 1. The van der Waals surface area contributed by atoms with Gasteiger partial charge in [-0.1, -0.05) is 83.7 Å². The van der Waals surface area contributed by atoms with E-state index in [0.717, 1.165) is 142 Å². The topological polar surface area (TPSA) is 203 Å². The fourth-order valence-corrected chi connectivity index (χ4v) is 31.8. The number of phenolic OH excluding ortho intramolecular Hbond substituents is 1. The van der Waals surface area contributed by atoms with Crippen molar-refractivity contribution < 1.29 is 54.4 Å². The van der Waals surface area contributed by atoms with Gasteiger partial charge in [0.05, 0.1) is 48.1 Å². The first-order valence-corrected chi connectivity index (χ1v) is 39.0. The molecule has 92 heavy (non-hydrogen) atoms. The molecule has 4 aromatic carbocycles. The number of hydrogen-bond acceptors (Lipinski definition) is 14. The predicted octanol–water partition coefficient (Wildman–Crippen LogP) is 12.5. The van der Waals surface area contributed by atoms with Crippen molar-refractivity contribution in [2.75, 3.05) is 25.2 Å². The number of aliphatic hydroxyl groups excluding tert-OH is 3. The Hall–Kier alpha value is -3.45. The number of ether oxygens (including phenoxy) is 4. The SMILES string of the molecule is CN[C@@H]1CSSC[C@H]2c3cc(O)ccc3[C@@]34[C@H](CC[C@@]35[C@@H](O)[C@H]1C[C@@H]1[C@H]3C[C@]6([C@H](O)[C@]7(O)O[C@@H](C(=O)Oc8c(CO)[nH]c9ccc%10cc%11ccccc%11cc%10c89)[C@H](O[C@@H]15)[C@]37O)C1(CCCC1)C[C@@H]1CC[C@H]3[C@@H](COC5CCCC5)CC[C@]35CC[C@@]16C5)C[C@@H]1CC[C@H]2[C@@H]14. The van der Waals surface area contributed by atoms with Gasteiger partial charge in [0.15, 0.2) is 17.5 Å². The minimum Gasteiger partial charge on any atom is -0.508 e. The van der Waals surface area contributed by atoms with Crippen molar-refractivity contribution >= 4 is 60.0 Å². The Morgan fingerprint density at radius 2 is 1.60 bits per heavy atom. The number of carbonyl (C=O) groups excluding carboxylic acids is 1. The summed E-state index contributed by atoms with van der Waals surface area (Å²) in [4.78, 5) is 19.9. The van der Waals surface area contributed by atoms with Crippen molar-refractivity contribution in [1.82, 2.24) is 10.3 Å². The molecule has 12 aliphatic carbocycles. The molecule has 6 spiro atoms. The molecule has 1 aromatic heterocycles. The Morgan fingerprint density at radius 3 is 2.42 bits per heavy atom. The Kier molecular flexibility index (Phi) is 12.8. The zero-order valence-electron chi connectivity index (χ0n) is 53.4. The quantitative estimate of drug-likeness (QED) is 0.0434. The van der Waals surface area contributed by atoms with E-state index in [1.54, 1.807) is 0 Å². The molecule has 5 heterocycles. The van der Waals surface area contributed by atoms with Crippen molar-refractivity contribution in [3.05, 3.63) is 83.6 Å².